The van der Waals surface area contributed by atoms with Crippen LogP contribution in [0.2, 0.25) is 0 Å². The van der Waals surface area contributed by atoms with Crippen LogP contribution in [0.3, 0.4) is 0 Å². The topological polar surface area (TPSA) is 28.4 Å². The van der Waals surface area contributed by atoms with Crippen molar-refractivity contribution in [1.82, 2.24) is 10.2 Å². The molecule has 1 atom stereocenters. The first-order valence-electron chi connectivity index (χ1n) is 11.2. The number of rotatable bonds is 2. The lowest BCUT2D eigenvalue weighted by atomic mass is 9.91. The van der Waals surface area contributed by atoms with Gasteiger partial charge in [0.15, 0.2) is 0 Å². The molecular weight excluding hydrogens is 392 g/mol. The molecule has 3 heterocycles. The van der Waals surface area contributed by atoms with Crippen LogP contribution in [0.25, 0.3) is 38.3 Å². The van der Waals surface area contributed by atoms with Crippen molar-refractivity contribution in [2.24, 2.45) is 0 Å². The minimum Gasteiger partial charge on any atom is -0.455 e. The second kappa shape index (κ2) is 6.76. The molecule has 154 valence electrons. The van der Waals surface area contributed by atoms with E-state index in [2.05, 4.69) is 108 Å². The zero-order chi connectivity index (χ0) is 21.1. The van der Waals surface area contributed by atoms with Gasteiger partial charge < -0.3 is 14.6 Å². The maximum absolute atomic E-state index is 6.28. The summed E-state index contributed by atoms with van der Waals surface area (Å²) in [7, 11) is 0. The van der Waals surface area contributed by atoms with E-state index in [9.17, 15) is 0 Å². The number of nitrogens with one attached hydrogen (secondary N) is 1. The maximum atomic E-state index is 6.28. The molecule has 3 heteroatoms. The van der Waals surface area contributed by atoms with Crippen LogP contribution in [0.15, 0.2) is 113 Å². The number of allylic oxidation sites excluding steroid dienone is 6. The lowest BCUT2D eigenvalue weighted by Crippen LogP contribution is -2.32. The van der Waals surface area contributed by atoms with Crippen LogP contribution >= 0.6 is 0 Å². The third kappa shape index (κ3) is 2.68. The molecule has 1 N–H and O–H groups in total. The van der Waals surface area contributed by atoms with Gasteiger partial charge in [-0.1, -0.05) is 54.6 Å². The molecule has 1 unspecified atom stereocenters. The van der Waals surface area contributed by atoms with Crippen LogP contribution < -0.4 is 5.32 Å². The monoisotopic (exact) mass is 414 g/mol. The summed E-state index contributed by atoms with van der Waals surface area (Å²) < 4.78 is 6.28. The molecule has 0 radical (unpaired) electrons. The van der Waals surface area contributed by atoms with E-state index in [0.29, 0.717) is 0 Å². The fourth-order valence-electron chi connectivity index (χ4n) is 5.08. The summed E-state index contributed by atoms with van der Waals surface area (Å²) >= 11 is 0. The van der Waals surface area contributed by atoms with Crippen molar-refractivity contribution >= 4 is 38.3 Å². The number of nitrogens with zero attached hydrogens (tertiary/aromatic N) is 1. The predicted molar refractivity (Wildman–Crippen MR) is 132 cm³/mol. The van der Waals surface area contributed by atoms with E-state index in [1.54, 1.807) is 0 Å². The number of benzene rings is 3. The van der Waals surface area contributed by atoms with Crippen molar-refractivity contribution in [3.8, 4) is 0 Å². The smallest absolute Gasteiger partial charge is 0.143 e. The molecule has 0 fully saturated rings. The molecule has 7 rings (SSSR count). The average molecular weight is 415 g/mol. The quantitative estimate of drug-likeness (QED) is 0.383. The summed E-state index contributed by atoms with van der Waals surface area (Å²) in [5.74, 6) is 0. The van der Waals surface area contributed by atoms with Crippen LogP contribution in [-0.4, -0.2) is 11.1 Å². The maximum Gasteiger partial charge on any atom is 0.143 e. The van der Waals surface area contributed by atoms with Gasteiger partial charge in [-0.3, -0.25) is 0 Å². The van der Waals surface area contributed by atoms with Gasteiger partial charge in [-0.15, -0.1) is 0 Å². The Kier molecular flexibility index (Phi) is 3.73. The van der Waals surface area contributed by atoms with Crippen molar-refractivity contribution in [2.45, 2.75) is 19.0 Å². The summed E-state index contributed by atoms with van der Waals surface area (Å²) in [5, 5.41) is 8.37. The van der Waals surface area contributed by atoms with Gasteiger partial charge in [0, 0.05) is 28.6 Å². The highest BCUT2D eigenvalue weighted by molar-refractivity contribution is 6.15. The Hall–Kier alpha value is -3.98. The van der Waals surface area contributed by atoms with Crippen molar-refractivity contribution in [1.29, 1.82) is 0 Å². The second-order valence-electron chi connectivity index (χ2n) is 8.67. The van der Waals surface area contributed by atoms with Crippen LogP contribution in [0, 0.1) is 0 Å². The number of fused-ring (bicyclic) bond motifs is 6. The summed E-state index contributed by atoms with van der Waals surface area (Å²) in [6, 6.07) is 19.4. The Bertz CT molecular complexity index is 1560. The van der Waals surface area contributed by atoms with E-state index >= 15 is 0 Å². The molecule has 2 aliphatic heterocycles. The number of hydrogen-bond donors (Lipinski definition) is 1. The van der Waals surface area contributed by atoms with E-state index in [-0.39, 0.29) is 6.17 Å². The van der Waals surface area contributed by atoms with Crippen LogP contribution in [-0.2, 0) is 0 Å². The Morgan fingerprint density at radius 1 is 0.844 bits per heavy atom. The molecule has 0 saturated heterocycles. The van der Waals surface area contributed by atoms with Gasteiger partial charge in [-0.2, -0.15) is 0 Å². The molecule has 0 bridgehead atoms. The first kappa shape index (κ1) is 17.7. The third-order valence-electron chi connectivity index (χ3n) is 6.79. The van der Waals surface area contributed by atoms with E-state index in [4.69, 9.17) is 4.42 Å². The van der Waals surface area contributed by atoms with Crippen molar-refractivity contribution in [3.05, 3.63) is 114 Å². The molecule has 32 heavy (non-hydrogen) atoms. The van der Waals surface area contributed by atoms with E-state index in [0.717, 1.165) is 24.0 Å². The molecule has 0 saturated carbocycles. The van der Waals surface area contributed by atoms with Crippen molar-refractivity contribution in [3.63, 3.8) is 0 Å². The Balaban J connectivity index is 1.26. The summed E-state index contributed by atoms with van der Waals surface area (Å²) in [6.07, 6.45) is 17.5. The van der Waals surface area contributed by atoms with Gasteiger partial charge >= 0.3 is 0 Å². The Morgan fingerprint density at radius 3 is 2.66 bits per heavy atom. The van der Waals surface area contributed by atoms with Gasteiger partial charge in [-0.25, -0.2) is 0 Å². The molecular formula is C29H22N2O. The summed E-state index contributed by atoms with van der Waals surface area (Å²) in [6.45, 7) is 0. The second-order valence-corrected chi connectivity index (χ2v) is 8.67. The minimum atomic E-state index is 0.245. The number of furan rings is 1. The van der Waals surface area contributed by atoms with Gasteiger partial charge in [0.25, 0.3) is 0 Å². The third-order valence-corrected chi connectivity index (χ3v) is 6.79. The molecule has 3 aromatic carbocycles. The molecule has 0 amide bonds. The normalized spacial score (nSPS) is 19.8. The number of hydrogen-bond acceptors (Lipinski definition) is 3. The lowest BCUT2D eigenvalue weighted by molar-refractivity contribution is 0.424. The van der Waals surface area contributed by atoms with Crippen molar-refractivity contribution in [2.75, 3.05) is 0 Å². The average Bonchev–Trinajstić information content (AvgIpc) is 3.45. The zero-order valence-electron chi connectivity index (χ0n) is 17.6. The van der Waals surface area contributed by atoms with Gasteiger partial charge in [0.2, 0.25) is 0 Å². The fourth-order valence-corrected chi connectivity index (χ4v) is 5.08. The zero-order valence-corrected chi connectivity index (χ0v) is 17.6. The van der Waals surface area contributed by atoms with Gasteiger partial charge in [0.1, 0.15) is 17.3 Å². The Labute approximate surface area is 186 Å². The first-order valence-corrected chi connectivity index (χ1v) is 11.2. The fraction of sp³-hybridized carbons (Fsp3) is 0.103. The van der Waals surface area contributed by atoms with Crippen LogP contribution in [0.1, 0.15) is 18.4 Å². The Morgan fingerprint density at radius 2 is 1.75 bits per heavy atom. The van der Waals surface area contributed by atoms with Crippen LogP contribution in [0.4, 0.5) is 0 Å². The highest BCUT2D eigenvalue weighted by Crippen LogP contribution is 2.37. The lowest BCUT2D eigenvalue weighted by Gasteiger charge is -2.21. The van der Waals surface area contributed by atoms with Gasteiger partial charge in [-0.05, 0) is 65.3 Å². The molecule has 4 aromatic rings. The highest BCUT2D eigenvalue weighted by Gasteiger charge is 2.24. The predicted octanol–water partition coefficient (Wildman–Crippen LogP) is 7.00. The molecule has 0 spiro atoms. The summed E-state index contributed by atoms with van der Waals surface area (Å²) in [5.41, 5.74) is 7.18. The van der Waals surface area contributed by atoms with Gasteiger partial charge in [0.05, 0.1) is 5.70 Å². The van der Waals surface area contributed by atoms with E-state index in [1.165, 1.54) is 44.0 Å². The molecule has 1 aliphatic carbocycles. The van der Waals surface area contributed by atoms with Crippen LogP contribution in [0.5, 0.6) is 0 Å². The molecule has 1 aromatic heterocycles. The molecule has 3 nitrogen and oxygen atoms in total. The first-order chi connectivity index (χ1) is 15.8. The van der Waals surface area contributed by atoms with E-state index in [1.807, 2.05) is 0 Å². The highest BCUT2D eigenvalue weighted by atomic mass is 16.3. The summed E-state index contributed by atoms with van der Waals surface area (Å²) in [4.78, 5) is 2.22. The SMILES string of the molecule is C1=CC2NC(C3=CC=C(c4ccc5oc6c7ccccc7ccc6c5c4)CC3)=CN2C=C1. The standard InChI is InChI=1S/C29H22N2O/c1-2-6-23-20(5-1)12-14-24-25-17-22(13-15-27(25)32-29(23)24)19-8-10-21(11-9-19)26-18-31-16-4-3-7-28(31)30-26/h1-8,10,12-18,28,30H,9,11H2. The molecule has 3 aliphatic rings. The largest absolute Gasteiger partial charge is 0.455 e. The minimum absolute atomic E-state index is 0.245. The van der Waals surface area contributed by atoms with E-state index < -0.39 is 0 Å². The van der Waals surface area contributed by atoms with Crippen molar-refractivity contribution < 1.29 is 4.42 Å².